The van der Waals surface area contributed by atoms with E-state index < -0.39 is 5.41 Å². The molecule has 0 amide bonds. The Morgan fingerprint density at radius 1 is 1.40 bits per heavy atom. The molecule has 0 radical (unpaired) electrons. The molecule has 1 fully saturated rings. The number of ketones is 1. The van der Waals surface area contributed by atoms with E-state index in [1.807, 2.05) is 0 Å². The second-order valence-corrected chi connectivity index (χ2v) is 4.18. The average molecular weight is 207 g/mol. The van der Waals surface area contributed by atoms with E-state index in [0.29, 0.717) is 31.4 Å². The highest BCUT2D eigenvalue weighted by Crippen LogP contribution is 2.39. The lowest BCUT2D eigenvalue weighted by Crippen LogP contribution is -2.33. The van der Waals surface area contributed by atoms with Gasteiger partial charge in [0.15, 0.2) is 0 Å². The molecule has 3 heteroatoms. The fraction of sp³-hybridized carbons (Fsp3) is 0.417. The first kappa shape index (κ1) is 10.3. The highest BCUT2D eigenvalue weighted by molar-refractivity contribution is 5.83. The van der Waals surface area contributed by atoms with Crippen LogP contribution in [0.2, 0.25) is 0 Å². The monoisotopic (exact) mass is 207 g/mol. The van der Waals surface area contributed by atoms with E-state index in [1.165, 1.54) is 6.07 Å². The smallest absolute Gasteiger partial charge is 0.133 e. The molecule has 2 rings (SSSR count). The molecule has 0 spiro atoms. The van der Waals surface area contributed by atoms with E-state index in [2.05, 4.69) is 0 Å². The first-order valence-corrected chi connectivity index (χ1v) is 5.15. The van der Waals surface area contributed by atoms with Crippen LogP contribution in [0.3, 0.4) is 0 Å². The Bertz CT molecular complexity index is 391. The minimum atomic E-state index is -0.456. The molecule has 0 saturated heterocycles. The van der Waals surface area contributed by atoms with Crippen LogP contribution < -0.4 is 5.73 Å². The van der Waals surface area contributed by atoms with Gasteiger partial charge in [-0.15, -0.1) is 0 Å². The molecule has 80 valence electrons. The van der Waals surface area contributed by atoms with Gasteiger partial charge in [0, 0.05) is 24.8 Å². The molecule has 1 aliphatic carbocycles. The van der Waals surface area contributed by atoms with Crippen molar-refractivity contribution in [3.8, 4) is 0 Å². The maximum atomic E-state index is 13.6. The lowest BCUT2D eigenvalue weighted by Gasteiger charge is -2.27. The molecular weight excluding hydrogens is 193 g/mol. The summed E-state index contributed by atoms with van der Waals surface area (Å²) in [5.41, 5.74) is 5.85. The standard InChI is InChI=1S/C12H14FNO/c13-11-4-2-1-3-10(11)12(8-14)6-5-9(15)7-12/h1-4H,5-8,14H2. The van der Waals surface area contributed by atoms with E-state index in [-0.39, 0.29) is 11.6 Å². The number of rotatable bonds is 2. The Morgan fingerprint density at radius 2 is 2.13 bits per heavy atom. The van der Waals surface area contributed by atoms with E-state index in [9.17, 15) is 9.18 Å². The normalized spacial score (nSPS) is 25.9. The van der Waals surface area contributed by atoms with Gasteiger partial charge in [-0.25, -0.2) is 4.39 Å². The van der Waals surface area contributed by atoms with Gasteiger partial charge in [0.1, 0.15) is 11.6 Å². The molecule has 15 heavy (non-hydrogen) atoms. The molecule has 2 nitrogen and oxygen atoms in total. The Morgan fingerprint density at radius 3 is 2.67 bits per heavy atom. The molecule has 0 bridgehead atoms. The van der Waals surface area contributed by atoms with E-state index in [1.54, 1.807) is 18.2 Å². The van der Waals surface area contributed by atoms with Crippen molar-refractivity contribution in [1.29, 1.82) is 0 Å². The Balaban J connectivity index is 2.43. The largest absolute Gasteiger partial charge is 0.330 e. The van der Waals surface area contributed by atoms with Crippen molar-refractivity contribution in [3.63, 3.8) is 0 Å². The molecule has 1 aromatic carbocycles. The van der Waals surface area contributed by atoms with Crippen molar-refractivity contribution in [3.05, 3.63) is 35.6 Å². The van der Waals surface area contributed by atoms with Crippen LogP contribution in [0.15, 0.2) is 24.3 Å². The van der Waals surface area contributed by atoms with E-state index >= 15 is 0 Å². The number of carbonyl (C=O) groups is 1. The van der Waals surface area contributed by atoms with Crippen molar-refractivity contribution in [2.75, 3.05) is 6.54 Å². The van der Waals surface area contributed by atoms with Crippen molar-refractivity contribution >= 4 is 5.78 Å². The summed E-state index contributed by atoms with van der Waals surface area (Å²) in [5.74, 6) is -0.0682. The van der Waals surface area contributed by atoms with Gasteiger partial charge in [-0.1, -0.05) is 18.2 Å². The summed E-state index contributed by atoms with van der Waals surface area (Å²) >= 11 is 0. The molecule has 1 aliphatic rings. The highest BCUT2D eigenvalue weighted by Gasteiger charge is 2.40. The number of nitrogens with two attached hydrogens (primary N) is 1. The molecule has 2 N–H and O–H groups in total. The van der Waals surface area contributed by atoms with Crippen LogP contribution in [-0.4, -0.2) is 12.3 Å². The van der Waals surface area contributed by atoms with E-state index in [0.717, 1.165) is 0 Å². The summed E-state index contributed by atoms with van der Waals surface area (Å²) in [5, 5.41) is 0. The summed E-state index contributed by atoms with van der Waals surface area (Å²) in [4.78, 5) is 11.3. The average Bonchev–Trinajstić information content (AvgIpc) is 2.62. The van der Waals surface area contributed by atoms with Crippen LogP contribution in [-0.2, 0) is 10.2 Å². The second kappa shape index (κ2) is 3.74. The lowest BCUT2D eigenvalue weighted by atomic mass is 9.78. The van der Waals surface area contributed by atoms with Crippen LogP contribution in [0.25, 0.3) is 0 Å². The third kappa shape index (κ3) is 1.67. The summed E-state index contributed by atoms with van der Waals surface area (Å²) < 4.78 is 13.6. The minimum Gasteiger partial charge on any atom is -0.330 e. The lowest BCUT2D eigenvalue weighted by molar-refractivity contribution is -0.117. The van der Waals surface area contributed by atoms with Gasteiger partial charge >= 0.3 is 0 Å². The number of hydrogen-bond donors (Lipinski definition) is 1. The quantitative estimate of drug-likeness (QED) is 0.803. The second-order valence-electron chi connectivity index (χ2n) is 4.18. The zero-order valence-electron chi connectivity index (χ0n) is 8.50. The summed E-state index contributed by atoms with van der Waals surface area (Å²) in [7, 11) is 0. The minimum absolute atomic E-state index is 0.184. The van der Waals surface area contributed by atoms with E-state index in [4.69, 9.17) is 5.73 Å². The van der Waals surface area contributed by atoms with Crippen molar-refractivity contribution in [2.45, 2.75) is 24.7 Å². The third-order valence-electron chi connectivity index (χ3n) is 3.25. The predicted molar refractivity (Wildman–Crippen MR) is 56.0 cm³/mol. The number of Topliss-reactive ketones (excluding diaryl/α,β-unsaturated/α-hetero) is 1. The summed E-state index contributed by atoms with van der Waals surface area (Å²) in [6, 6.07) is 6.61. The van der Waals surface area contributed by atoms with Gasteiger partial charge in [-0.2, -0.15) is 0 Å². The molecular formula is C12H14FNO. The van der Waals surface area contributed by atoms with Crippen LogP contribution in [0.4, 0.5) is 4.39 Å². The van der Waals surface area contributed by atoms with Gasteiger partial charge in [0.25, 0.3) is 0 Å². The zero-order chi connectivity index (χ0) is 10.9. The first-order valence-electron chi connectivity index (χ1n) is 5.15. The molecule has 1 atom stereocenters. The SMILES string of the molecule is NCC1(c2ccccc2F)CCC(=O)C1. The van der Waals surface area contributed by atoms with Crippen LogP contribution in [0, 0.1) is 5.82 Å². The van der Waals surface area contributed by atoms with Gasteiger partial charge in [0.05, 0.1) is 0 Å². The fourth-order valence-electron chi connectivity index (χ4n) is 2.34. The van der Waals surface area contributed by atoms with Gasteiger partial charge < -0.3 is 5.73 Å². The summed E-state index contributed by atoms with van der Waals surface area (Å²) in [6.07, 6.45) is 1.57. The topological polar surface area (TPSA) is 43.1 Å². The Hall–Kier alpha value is -1.22. The fourth-order valence-corrected chi connectivity index (χ4v) is 2.34. The van der Waals surface area contributed by atoms with Crippen molar-refractivity contribution in [1.82, 2.24) is 0 Å². The number of benzene rings is 1. The van der Waals surface area contributed by atoms with Crippen molar-refractivity contribution < 1.29 is 9.18 Å². The first-order chi connectivity index (χ1) is 7.18. The third-order valence-corrected chi connectivity index (χ3v) is 3.25. The van der Waals surface area contributed by atoms with Gasteiger partial charge in [0.2, 0.25) is 0 Å². The molecule has 0 heterocycles. The molecule has 0 aliphatic heterocycles. The van der Waals surface area contributed by atoms with Crippen molar-refractivity contribution in [2.24, 2.45) is 5.73 Å². The van der Waals surface area contributed by atoms with Gasteiger partial charge in [-0.05, 0) is 18.1 Å². The van der Waals surface area contributed by atoms with Crippen LogP contribution >= 0.6 is 0 Å². The molecule has 1 unspecified atom stereocenters. The zero-order valence-corrected chi connectivity index (χ0v) is 8.50. The van der Waals surface area contributed by atoms with Gasteiger partial charge in [-0.3, -0.25) is 4.79 Å². The maximum Gasteiger partial charge on any atom is 0.133 e. The predicted octanol–water partition coefficient (Wildman–Crippen LogP) is 1.78. The number of halogens is 1. The summed E-state index contributed by atoms with van der Waals surface area (Å²) in [6.45, 7) is 0.333. The maximum absolute atomic E-state index is 13.6. The van der Waals surface area contributed by atoms with Crippen LogP contribution in [0.1, 0.15) is 24.8 Å². The molecule has 0 aromatic heterocycles. The number of hydrogen-bond acceptors (Lipinski definition) is 2. The molecule has 1 aromatic rings. The Labute approximate surface area is 88.3 Å². The molecule has 1 saturated carbocycles. The Kier molecular flexibility index (Phi) is 2.57. The highest BCUT2D eigenvalue weighted by atomic mass is 19.1. The number of carbonyl (C=O) groups excluding carboxylic acids is 1. The van der Waals surface area contributed by atoms with Crippen LogP contribution in [0.5, 0.6) is 0 Å².